The smallest absolute Gasteiger partial charge is 0.319 e. The molecule has 2 aromatic rings. The van der Waals surface area contributed by atoms with Gasteiger partial charge in [-0.1, -0.05) is 17.7 Å². The van der Waals surface area contributed by atoms with Crippen LogP contribution in [-0.2, 0) is 0 Å². The summed E-state index contributed by atoms with van der Waals surface area (Å²) in [6.45, 7) is 4.97. The van der Waals surface area contributed by atoms with Crippen LogP contribution in [0.2, 0.25) is 0 Å². The van der Waals surface area contributed by atoms with Crippen molar-refractivity contribution in [2.45, 2.75) is 19.9 Å². The number of aryl methyl sites for hydroxylation is 1. The number of nitrogens with one attached hydrogen (secondary N) is 2. The molecular formula is C19H22N2O4. The summed E-state index contributed by atoms with van der Waals surface area (Å²) in [5.74, 6) is 2.07. The van der Waals surface area contributed by atoms with Crippen molar-refractivity contribution < 1.29 is 19.0 Å². The van der Waals surface area contributed by atoms with Gasteiger partial charge in [-0.25, -0.2) is 4.79 Å². The summed E-state index contributed by atoms with van der Waals surface area (Å²) in [7, 11) is 1.62. The molecule has 6 heteroatoms. The first kappa shape index (κ1) is 17.0. The Morgan fingerprint density at radius 3 is 2.64 bits per heavy atom. The maximum absolute atomic E-state index is 12.3. The summed E-state index contributed by atoms with van der Waals surface area (Å²) in [6, 6.07) is 10.7. The molecule has 0 saturated heterocycles. The van der Waals surface area contributed by atoms with Gasteiger partial charge in [0.25, 0.3) is 0 Å². The highest BCUT2D eigenvalue weighted by Crippen LogP contribution is 2.32. The minimum absolute atomic E-state index is 0.202. The van der Waals surface area contributed by atoms with E-state index in [0.717, 1.165) is 16.9 Å². The lowest BCUT2D eigenvalue weighted by Crippen LogP contribution is -2.31. The number of rotatable bonds is 4. The maximum atomic E-state index is 12.3. The predicted molar refractivity (Wildman–Crippen MR) is 95.7 cm³/mol. The summed E-state index contributed by atoms with van der Waals surface area (Å²) < 4.78 is 16.4. The molecule has 0 radical (unpaired) electrons. The van der Waals surface area contributed by atoms with Crippen LogP contribution in [0.1, 0.15) is 24.1 Å². The minimum Gasteiger partial charge on any atom is -0.496 e. The highest BCUT2D eigenvalue weighted by Gasteiger charge is 2.16. The van der Waals surface area contributed by atoms with Crippen molar-refractivity contribution in [2.75, 3.05) is 25.6 Å². The molecule has 0 saturated carbocycles. The number of ether oxygens (including phenoxy) is 3. The fraction of sp³-hybridized carbons (Fsp3) is 0.316. The van der Waals surface area contributed by atoms with Crippen molar-refractivity contribution in [3.63, 3.8) is 0 Å². The number of benzene rings is 2. The van der Waals surface area contributed by atoms with E-state index in [1.807, 2.05) is 32.0 Å². The zero-order valence-electron chi connectivity index (χ0n) is 14.6. The molecule has 0 bridgehead atoms. The Labute approximate surface area is 147 Å². The largest absolute Gasteiger partial charge is 0.496 e. The van der Waals surface area contributed by atoms with Gasteiger partial charge < -0.3 is 24.8 Å². The standard InChI is InChI=1S/C19H22N2O4/c1-12-4-6-16(23-3)15(10-12)13(2)20-19(22)21-14-5-7-17-18(11-14)25-9-8-24-17/h4-7,10-11,13H,8-9H2,1-3H3,(H2,20,21,22). The quantitative estimate of drug-likeness (QED) is 0.890. The van der Waals surface area contributed by atoms with Crippen LogP contribution in [0.15, 0.2) is 36.4 Å². The molecule has 1 unspecified atom stereocenters. The molecule has 0 spiro atoms. The van der Waals surface area contributed by atoms with Crippen molar-refractivity contribution in [2.24, 2.45) is 0 Å². The van der Waals surface area contributed by atoms with Gasteiger partial charge >= 0.3 is 6.03 Å². The molecule has 6 nitrogen and oxygen atoms in total. The second-order valence-electron chi connectivity index (χ2n) is 5.92. The van der Waals surface area contributed by atoms with E-state index in [0.29, 0.717) is 30.4 Å². The van der Waals surface area contributed by atoms with Gasteiger partial charge in [-0.2, -0.15) is 0 Å². The molecule has 3 rings (SSSR count). The third-order valence-corrected chi connectivity index (χ3v) is 4.00. The van der Waals surface area contributed by atoms with Gasteiger partial charge in [-0.05, 0) is 32.0 Å². The summed E-state index contributed by atoms with van der Waals surface area (Å²) in [5, 5.41) is 5.74. The Hall–Kier alpha value is -2.89. The number of methoxy groups -OCH3 is 1. The molecule has 25 heavy (non-hydrogen) atoms. The summed E-state index contributed by atoms with van der Waals surface area (Å²) in [6.07, 6.45) is 0. The molecule has 2 amide bonds. The third kappa shape index (κ3) is 3.96. The highest BCUT2D eigenvalue weighted by atomic mass is 16.6. The van der Waals surface area contributed by atoms with E-state index >= 15 is 0 Å². The summed E-state index contributed by atoms with van der Waals surface area (Å²) in [5.41, 5.74) is 2.68. The van der Waals surface area contributed by atoms with Crippen molar-refractivity contribution in [1.29, 1.82) is 0 Å². The molecule has 2 aromatic carbocycles. The van der Waals surface area contributed by atoms with Crippen LogP contribution in [0.3, 0.4) is 0 Å². The topological polar surface area (TPSA) is 68.8 Å². The number of hydrogen-bond acceptors (Lipinski definition) is 4. The number of fused-ring (bicyclic) bond motifs is 1. The van der Waals surface area contributed by atoms with E-state index < -0.39 is 0 Å². The molecule has 1 aliphatic rings. The normalized spacial score (nSPS) is 13.7. The van der Waals surface area contributed by atoms with E-state index in [4.69, 9.17) is 14.2 Å². The molecule has 1 aliphatic heterocycles. The lowest BCUT2D eigenvalue weighted by Gasteiger charge is -2.20. The van der Waals surface area contributed by atoms with Gasteiger partial charge in [0.2, 0.25) is 0 Å². The fourth-order valence-corrected chi connectivity index (χ4v) is 2.75. The number of urea groups is 1. The Bertz CT molecular complexity index is 776. The molecule has 132 valence electrons. The predicted octanol–water partition coefficient (Wildman–Crippen LogP) is 3.66. The van der Waals surface area contributed by atoms with Gasteiger partial charge in [-0.3, -0.25) is 0 Å². The monoisotopic (exact) mass is 342 g/mol. The molecule has 1 heterocycles. The number of carbonyl (C=O) groups is 1. The van der Waals surface area contributed by atoms with Crippen molar-refractivity contribution >= 4 is 11.7 Å². The van der Waals surface area contributed by atoms with Crippen LogP contribution in [0, 0.1) is 6.92 Å². The average molecular weight is 342 g/mol. The Balaban J connectivity index is 1.67. The van der Waals surface area contributed by atoms with Crippen molar-refractivity contribution in [3.05, 3.63) is 47.5 Å². The van der Waals surface area contributed by atoms with E-state index in [1.165, 1.54) is 0 Å². The maximum Gasteiger partial charge on any atom is 0.319 e. The molecule has 0 fully saturated rings. The van der Waals surface area contributed by atoms with Gasteiger partial charge in [0.05, 0.1) is 13.2 Å². The summed E-state index contributed by atoms with van der Waals surface area (Å²) >= 11 is 0. The van der Waals surface area contributed by atoms with Crippen LogP contribution in [0.5, 0.6) is 17.2 Å². The first-order valence-corrected chi connectivity index (χ1v) is 8.18. The van der Waals surface area contributed by atoms with E-state index in [-0.39, 0.29) is 12.1 Å². The summed E-state index contributed by atoms with van der Waals surface area (Å²) in [4.78, 5) is 12.3. The molecule has 0 aliphatic carbocycles. The van der Waals surface area contributed by atoms with Crippen LogP contribution in [0.25, 0.3) is 0 Å². The molecular weight excluding hydrogens is 320 g/mol. The zero-order valence-corrected chi connectivity index (χ0v) is 14.6. The number of anilines is 1. The third-order valence-electron chi connectivity index (χ3n) is 4.00. The Morgan fingerprint density at radius 1 is 1.12 bits per heavy atom. The van der Waals surface area contributed by atoms with Crippen LogP contribution >= 0.6 is 0 Å². The highest BCUT2D eigenvalue weighted by molar-refractivity contribution is 5.90. The lowest BCUT2D eigenvalue weighted by molar-refractivity contribution is 0.171. The number of carbonyl (C=O) groups excluding carboxylic acids is 1. The average Bonchev–Trinajstić information content (AvgIpc) is 2.61. The first-order valence-electron chi connectivity index (χ1n) is 8.18. The SMILES string of the molecule is COc1ccc(C)cc1C(C)NC(=O)Nc1ccc2c(c1)OCCO2. The Morgan fingerprint density at radius 2 is 1.88 bits per heavy atom. The van der Waals surface area contributed by atoms with Crippen LogP contribution in [-0.4, -0.2) is 26.4 Å². The Kier molecular flexibility index (Phi) is 4.97. The fourth-order valence-electron chi connectivity index (χ4n) is 2.75. The number of amides is 2. The van der Waals surface area contributed by atoms with Crippen molar-refractivity contribution in [1.82, 2.24) is 5.32 Å². The van der Waals surface area contributed by atoms with Crippen LogP contribution < -0.4 is 24.8 Å². The second-order valence-corrected chi connectivity index (χ2v) is 5.92. The molecule has 1 atom stereocenters. The van der Waals surface area contributed by atoms with Gasteiger partial charge in [0, 0.05) is 17.3 Å². The van der Waals surface area contributed by atoms with Gasteiger partial charge in [-0.15, -0.1) is 0 Å². The van der Waals surface area contributed by atoms with Crippen molar-refractivity contribution in [3.8, 4) is 17.2 Å². The van der Waals surface area contributed by atoms with E-state index in [2.05, 4.69) is 10.6 Å². The second kappa shape index (κ2) is 7.34. The van der Waals surface area contributed by atoms with E-state index in [1.54, 1.807) is 25.3 Å². The minimum atomic E-state index is -0.298. The molecule has 0 aromatic heterocycles. The molecule has 2 N–H and O–H groups in total. The van der Waals surface area contributed by atoms with Gasteiger partial charge in [0.15, 0.2) is 11.5 Å². The lowest BCUT2D eigenvalue weighted by atomic mass is 10.0. The van der Waals surface area contributed by atoms with Crippen LogP contribution in [0.4, 0.5) is 10.5 Å². The first-order chi connectivity index (χ1) is 12.1. The van der Waals surface area contributed by atoms with E-state index in [9.17, 15) is 4.79 Å². The number of hydrogen-bond donors (Lipinski definition) is 2. The van der Waals surface area contributed by atoms with Gasteiger partial charge in [0.1, 0.15) is 19.0 Å². The zero-order chi connectivity index (χ0) is 17.8.